The highest BCUT2D eigenvalue weighted by Crippen LogP contribution is 2.25. The summed E-state index contributed by atoms with van der Waals surface area (Å²) in [6, 6.07) is 0. The number of cyclic esters (lactones) is 2. The Kier molecular flexibility index (Phi) is 4.87. The van der Waals surface area contributed by atoms with Crippen LogP contribution in [0.1, 0.15) is 45.4 Å². The number of unbranched alkanes of at least 4 members (excludes halogenated alkanes) is 3. The number of carboxylic acid groups (broad SMARTS) is 1. The molecule has 0 aliphatic carbocycles. The molecule has 1 rings (SSSR count). The third-order valence-electron chi connectivity index (χ3n) is 2.65. The molecule has 0 saturated heterocycles. The topological polar surface area (TPSA) is 80.7 Å². The molecule has 94 valence electrons. The molecule has 5 heteroatoms. The Hall–Kier alpha value is -1.65. The lowest BCUT2D eigenvalue weighted by atomic mass is 10.0. The van der Waals surface area contributed by atoms with Crippen molar-refractivity contribution in [1.29, 1.82) is 0 Å². The van der Waals surface area contributed by atoms with Crippen LogP contribution in [0.2, 0.25) is 0 Å². The van der Waals surface area contributed by atoms with Crippen molar-refractivity contribution in [2.45, 2.75) is 45.4 Å². The molecule has 0 aromatic carbocycles. The molecule has 0 amide bonds. The van der Waals surface area contributed by atoms with Gasteiger partial charge < -0.3 is 9.84 Å². The van der Waals surface area contributed by atoms with Gasteiger partial charge in [-0.2, -0.15) is 0 Å². The summed E-state index contributed by atoms with van der Waals surface area (Å²) in [6.45, 7) is 2.07. The largest absolute Gasteiger partial charge is 0.481 e. The first-order valence-electron chi connectivity index (χ1n) is 5.76. The normalized spacial score (nSPS) is 15.4. The van der Waals surface area contributed by atoms with Crippen LogP contribution in [-0.2, 0) is 19.1 Å². The molecule has 0 spiro atoms. The van der Waals surface area contributed by atoms with Gasteiger partial charge in [0, 0.05) is 5.57 Å². The molecule has 0 radical (unpaired) electrons. The van der Waals surface area contributed by atoms with Gasteiger partial charge in [-0.3, -0.25) is 4.79 Å². The zero-order valence-electron chi connectivity index (χ0n) is 9.82. The molecule has 5 nitrogen and oxygen atoms in total. The summed E-state index contributed by atoms with van der Waals surface area (Å²) in [5, 5.41) is 8.65. The van der Waals surface area contributed by atoms with Gasteiger partial charge in [-0.1, -0.05) is 26.2 Å². The average molecular weight is 240 g/mol. The number of carboxylic acids is 1. The predicted molar refractivity (Wildman–Crippen MR) is 59.1 cm³/mol. The molecular formula is C12H16O5. The van der Waals surface area contributed by atoms with Gasteiger partial charge in [0.25, 0.3) is 0 Å². The molecule has 1 heterocycles. The number of aliphatic carboxylic acids is 1. The van der Waals surface area contributed by atoms with Crippen LogP contribution in [0, 0.1) is 0 Å². The maximum Gasteiger partial charge on any atom is 0.343 e. The Morgan fingerprint density at radius 2 is 1.76 bits per heavy atom. The zero-order valence-corrected chi connectivity index (χ0v) is 9.82. The lowest BCUT2D eigenvalue weighted by Crippen LogP contribution is -2.05. The van der Waals surface area contributed by atoms with E-state index in [1.807, 2.05) is 0 Å². The SMILES string of the molecule is CCCCCCC1=C(CC(=O)O)C(=O)OC1=O. The average Bonchev–Trinajstić information content (AvgIpc) is 2.50. The minimum absolute atomic E-state index is 0.0130. The summed E-state index contributed by atoms with van der Waals surface area (Å²) in [5.74, 6) is -2.61. The van der Waals surface area contributed by atoms with Crippen molar-refractivity contribution < 1.29 is 24.2 Å². The van der Waals surface area contributed by atoms with Gasteiger partial charge in [-0.05, 0) is 12.8 Å². The summed E-state index contributed by atoms with van der Waals surface area (Å²) in [7, 11) is 0. The second-order valence-electron chi connectivity index (χ2n) is 4.02. The molecule has 1 N–H and O–H groups in total. The quantitative estimate of drug-likeness (QED) is 0.417. The Morgan fingerprint density at radius 1 is 1.12 bits per heavy atom. The van der Waals surface area contributed by atoms with Gasteiger partial charge in [0.05, 0.1) is 12.0 Å². The zero-order chi connectivity index (χ0) is 12.8. The van der Waals surface area contributed by atoms with Crippen molar-refractivity contribution >= 4 is 17.9 Å². The number of carbonyl (C=O) groups excluding carboxylic acids is 2. The molecule has 0 bridgehead atoms. The summed E-state index contributed by atoms with van der Waals surface area (Å²) >= 11 is 0. The van der Waals surface area contributed by atoms with Crippen molar-refractivity contribution in [1.82, 2.24) is 0 Å². The van der Waals surface area contributed by atoms with Crippen molar-refractivity contribution in [2.75, 3.05) is 0 Å². The molecule has 17 heavy (non-hydrogen) atoms. The van der Waals surface area contributed by atoms with Crippen molar-refractivity contribution in [3.05, 3.63) is 11.1 Å². The van der Waals surface area contributed by atoms with Gasteiger partial charge in [0.2, 0.25) is 0 Å². The Balaban J connectivity index is 2.67. The number of rotatable bonds is 7. The van der Waals surface area contributed by atoms with Crippen molar-refractivity contribution in [3.8, 4) is 0 Å². The van der Waals surface area contributed by atoms with Gasteiger partial charge in [-0.25, -0.2) is 9.59 Å². The minimum atomic E-state index is -1.13. The van der Waals surface area contributed by atoms with E-state index in [1.54, 1.807) is 0 Å². The standard InChI is InChI=1S/C12H16O5/c1-2-3-4-5-6-8-9(7-10(13)14)12(16)17-11(8)15/h2-7H2,1H3,(H,13,14). The molecule has 0 unspecified atom stereocenters. The molecule has 0 fully saturated rings. The highest BCUT2D eigenvalue weighted by molar-refractivity contribution is 6.13. The number of ether oxygens (including phenoxy) is 1. The van der Waals surface area contributed by atoms with Crippen LogP contribution in [0.5, 0.6) is 0 Å². The molecule has 1 aliphatic heterocycles. The van der Waals surface area contributed by atoms with E-state index in [9.17, 15) is 14.4 Å². The first-order chi connectivity index (χ1) is 8.06. The molecule has 0 aromatic heterocycles. The van der Waals surface area contributed by atoms with E-state index in [0.29, 0.717) is 6.42 Å². The van der Waals surface area contributed by atoms with Crippen molar-refractivity contribution in [3.63, 3.8) is 0 Å². The highest BCUT2D eigenvalue weighted by atomic mass is 16.6. The summed E-state index contributed by atoms with van der Waals surface area (Å²) in [6.07, 6.45) is 3.85. The fourth-order valence-electron chi connectivity index (χ4n) is 1.77. The van der Waals surface area contributed by atoms with Gasteiger partial charge >= 0.3 is 17.9 Å². The smallest absolute Gasteiger partial charge is 0.343 e. The molecular weight excluding hydrogens is 224 g/mol. The maximum absolute atomic E-state index is 11.3. The fourth-order valence-corrected chi connectivity index (χ4v) is 1.77. The van der Waals surface area contributed by atoms with Crippen LogP contribution in [0.25, 0.3) is 0 Å². The minimum Gasteiger partial charge on any atom is -0.481 e. The van der Waals surface area contributed by atoms with Crippen LogP contribution in [0.15, 0.2) is 11.1 Å². The predicted octanol–water partition coefficient (Wildman–Crippen LogP) is 1.81. The third kappa shape index (κ3) is 3.69. The third-order valence-corrected chi connectivity index (χ3v) is 2.65. The van der Waals surface area contributed by atoms with Crippen LogP contribution >= 0.6 is 0 Å². The number of hydrogen-bond donors (Lipinski definition) is 1. The second kappa shape index (κ2) is 6.18. The fraction of sp³-hybridized carbons (Fsp3) is 0.583. The Morgan fingerprint density at radius 3 is 2.35 bits per heavy atom. The first kappa shape index (κ1) is 13.4. The molecule has 1 aliphatic rings. The van der Waals surface area contributed by atoms with Crippen molar-refractivity contribution in [2.24, 2.45) is 0 Å². The first-order valence-corrected chi connectivity index (χ1v) is 5.76. The maximum atomic E-state index is 11.3. The van der Waals surface area contributed by atoms with E-state index in [-0.39, 0.29) is 11.1 Å². The lowest BCUT2D eigenvalue weighted by Gasteiger charge is -2.00. The molecule has 0 aromatic rings. The van der Waals surface area contributed by atoms with E-state index in [2.05, 4.69) is 11.7 Å². The highest BCUT2D eigenvalue weighted by Gasteiger charge is 2.33. The monoisotopic (exact) mass is 240 g/mol. The molecule has 0 saturated carbocycles. The van der Waals surface area contributed by atoms with Gasteiger partial charge in [0.15, 0.2) is 0 Å². The second-order valence-corrected chi connectivity index (χ2v) is 4.02. The summed E-state index contributed by atoms with van der Waals surface area (Å²) in [5.41, 5.74) is 0.257. The van der Waals surface area contributed by atoms with E-state index in [4.69, 9.17) is 5.11 Å². The van der Waals surface area contributed by atoms with E-state index < -0.39 is 24.3 Å². The Bertz CT molecular complexity index is 367. The van der Waals surface area contributed by atoms with Crippen LogP contribution in [0.4, 0.5) is 0 Å². The number of hydrogen-bond acceptors (Lipinski definition) is 4. The summed E-state index contributed by atoms with van der Waals surface area (Å²) in [4.78, 5) is 33.2. The van der Waals surface area contributed by atoms with Gasteiger partial charge in [-0.15, -0.1) is 0 Å². The summed E-state index contributed by atoms with van der Waals surface area (Å²) < 4.78 is 4.43. The number of esters is 2. The van der Waals surface area contributed by atoms with Crippen LogP contribution in [-0.4, -0.2) is 23.0 Å². The Labute approximate surface area is 99.5 Å². The van der Waals surface area contributed by atoms with Crippen LogP contribution in [0.3, 0.4) is 0 Å². The molecule has 0 atom stereocenters. The van der Waals surface area contributed by atoms with E-state index in [0.717, 1.165) is 25.7 Å². The number of carbonyl (C=O) groups is 3. The lowest BCUT2D eigenvalue weighted by molar-refractivity contribution is -0.152. The van der Waals surface area contributed by atoms with E-state index in [1.165, 1.54) is 0 Å². The van der Waals surface area contributed by atoms with Crippen LogP contribution < -0.4 is 0 Å². The van der Waals surface area contributed by atoms with Gasteiger partial charge in [0.1, 0.15) is 0 Å². The van der Waals surface area contributed by atoms with E-state index >= 15 is 0 Å².